The molecule has 3 aromatic rings. The van der Waals surface area contributed by atoms with E-state index in [1.54, 1.807) is 29.2 Å². The molecule has 1 aliphatic heterocycles. The molecule has 0 fully saturated rings. The fourth-order valence-corrected chi connectivity index (χ4v) is 4.02. The minimum atomic E-state index is -0.875. The van der Waals surface area contributed by atoms with Crippen LogP contribution in [0.4, 0.5) is 5.69 Å². The maximum Gasteiger partial charge on any atom is 0.268 e. The van der Waals surface area contributed by atoms with E-state index in [1.807, 2.05) is 36.4 Å². The third-order valence-corrected chi connectivity index (χ3v) is 5.66. The number of thiophene rings is 1. The predicted octanol–water partition coefficient (Wildman–Crippen LogP) is 3.96. The van der Waals surface area contributed by atoms with Gasteiger partial charge < -0.3 is 10.5 Å². The topological polar surface area (TPSA) is 72.6 Å². The summed E-state index contributed by atoms with van der Waals surface area (Å²) in [4.78, 5) is 27.9. The summed E-state index contributed by atoms with van der Waals surface area (Å²) in [6.07, 6.45) is -0.875. The first-order valence-electron chi connectivity index (χ1n) is 8.25. The lowest BCUT2D eigenvalue weighted by molar-refractivity contribution is -0.124. The second kappa shape index (κ2) is 7.06. The first-order chi connectivity index (χ1) is 13.0. The molecule has 4 rings (SSSR count). The monoisotopic (exact) mass is 398 g/mol. The standard InChI is InChI=1S/C20H15ClN2O3S/c21-13-7-5-12(6-8-13)17-9-10-18(27-17)20(25)23-11-16(19(22)24)26-15-4-2-1-3-14(15)23/h1-10,16H,11H2,(H2,22,24). The molecule has 0 bridgehead atoms. The summed E-state index contributed by atoms with van der Waals surface area (Å²) in [5, 5.41) is 0.661. The molecule has 2 heterocycles. The van der Waals surface area contributed by atoms with Crippen LogP contribution in [0.25, 0.3) is 10.4 Å². The Morgan fingerprint density at radius 1 is 1.07 bits per heavy atom. The van der Waals surface area contributed by atoms with Gasteiger partial charge in [-0.3, -0.25) is 14.5 Å². The Labute approximate surface area is 164 Å². The summed E-state index contributed by atoms with van der Waals surface area (Å²) < 4.78 is 5.62. The number of carbonyl (C=O) groups excluding carboxylic acids is 2. The first-order valence-corrected chi connectivity index (χ1v) is 9.45. The molecule has 0 saturated heterocycles. The zero-order chi connectivity index (χ0) is 19.0. The van der Waals surface area contributed by atoms with Crippen molar-refractivity contribution in [2.75, 3.05) is 11.4 Å². The molecular formula is C20H15ClN2O3S. The summed E-state index contributed by atoms with van der Waals surface area (Å²) in [5.41, 5.74) is 7.02. The quantitative estimate of drug-likeness (QED) is 0.725. The van der Waals surface area contributed by atoms with Gasteiger partial charge in [0.2, 0.25) is 0 Å². The van der Waals surface area contributed by atoms with E-state index >= 15 is 0 Å². The average molecular weight is 399 g/mol. The Balaban J connectivity index is 1.66. The zero-order valence-electron chi connectivity index (χ0n) is 14.1. The lowest BCUT2D eigenvalue weighted by atomic mass is 10.1. The number of halogens is 1. The van der Waals surface area contributed by atoms with Crippen molar-refractivity contribution in [3.63, 3.8) is 0 Å². The number of ether oxygens (including phenoxy) is 1. The van der Waals surface area contributed by atoms with E-state index in [1.165, 1.54) is 11.3 Å². The van der Waals surface area contributed by atoms with Crippen LogP contribution in [0.5, 0.6) is 5.75 Å². The molecular weight excluding hydrogens is 384 g/mol. The van der Waals surface area contributed by atoms with E-state index in [4.69, 9.17) is 22.1 Å². The summed E-state index contributed by atoms with van der Waals surface area (Å²) in [7, 11) is 0. The molecule has 0 aliphatic carbocycles. The number of hydrogen-bond donors (Lipinski definition) is 1. The van der Waals surface area contributed by atoms with Crippen molar-refractivity contribution in [3.05, 3.63) is 70.6 Å². The van der Waals surface area contributed by atoms with Crippen molar-refractivity contribution >= 4 is 40.4 Å². The number of hydrogen-bond acceptors (Lipinski definition) is 4. The van der Waals surface area contributed by atoms with Gasteiger partial charge in [0.25, 0.3) is 11.8 Å². The maximum atomic E-state index is 13.1. The number of fused-ring (bicyclic) bond motifs is 1. The van der Waals surface area contributed by atoms with E-state index in [2.05, 4.69) is 0 Å². The predicted molar refractivity (Wildman–Crippen MR) is 106 cm³/mol. The number of rotatable bonds is 3. The average Bonchev–Trinajstić information content (AvgIpc) is 3.17. The van der Waals surface area contributed by atoms with Crippen LogP contribution < -0.4 is 15.4 Å². The van der Waals surface area contributed by atoms with Crippen LogP contribution >= 0.6 is 22.9 Å². The van der Waals surface area contributed by atoms with Crippen molar-refractivity contribution in [2.24, 2.45) is 5.73 Å². The van der Waals surface area contributed by atoms with Crippen LogP contribution in [0, 0.1) is 0 Å². The van der Waals surface area contributed by atoms with Gasteiger partial charge in [0, 0.05) is 9.90 Å². The van der Waals surface area contributed by atoms with Gasteiger partial charge in [-0.25, -0.2) is 0 Å². The van der Waals surface area contributed by atoms with Crippen molar-refractivity contribution in [1.82, 2.24) is 0 Å². The number of nitrogens with zero attached hydrogens (tertiary/aromatic N) is 1. The van der Waals surface area contributed by atoms with Gasteiger partial charge in [-0.05, 0) is 42.0 Å². The number of para-hydroxylation sites is 2. The molecule has 0 radical (unpaired) electrons. The molecule has 2 aromatic carbocycles. The molecule has 136 valence electrons. The van der Waals surface area contributed by atoms with Crippen LogP contribution in [0.2, 0.25) is 5.02 Å². The van der Waals surface area contributed by atoms with Crippen molar-refractivity contribution in [1.29, 1.82) is 0 Å². The van der Waals surface area contributed by atoms with Crippen molar-refractivity contribution < 1.29 is 14.3 Å². The highest BCUT2D eigenvalue weighted by molar-refractivity contribution is 7.17. The second-order valence-electron chi connectivity index (χ2n) is 6.06. The van der Waals surface area contributed by atoms with Crippen molar-refractivity contribution in [2.45, 2.75) is 6.10 Å². The van der Waals surface area contributed by atoms with E-state index < -0.39 is 12.0 Å². The third kappa shape index (κ3) is 3.41. The zero-order valence-corrected chi connectivity index (χ0v) is 15.7. The minimum absolute atomic E-state index is 0.0827. The van der Waals surface area contributed by atoms with E-state index in [0.29, 0.717) is 21.3 Å². The van der Waals surface area contributed by atoms with Crippen LogP contribution in [0.15, 0.2) is 60.7 Å². The highest BCUT2D eigenvalue weighted by Crippen LogP contribution is 2.36. The summed E-state index contributed by atoms with van der Waals surface area (Å²) in [5.74, 6) is -0.326. The number of primary amides is 1. The van der Waals surface area contributed by atoms with E-state index in [0.717, 1.165) is 10.4 Å². The Hall–Kier alpha value is -2.83. The largest absolute Gasteiger partial charge is 0.477 e. The number of amides is 2. The van der Waals surface area contributed by atoms with E-state index in [-0.39, 0.29) is 12.5 Å². The van der Waals surface area contributed by atoms with Gasteiger partial charge in [0.05, 0.1) is 17.1 Å². The molecule has 5 nitrogen and oxygen atoms in total. The SMILES string of the molecule is NC(=O)C1CN(C(=O)c2ccc(-c3ccc(Cl)cc3)s2)c2ccccc2O1. The van der Waals surface area contributed by atoms with Crippen molar-refractivity contribution in [3.8, 4) is 16.2 Å². The number of carbonyl (C=O) groups is 2. The molecule has 0 saturated carbocycles. The van der Waals surface area contributed by atoms with Crippen LogP contribution in [0.1, 0.15) is 9.67 Å². The molecule has 1 aromatic heterocycles. The number of nitrogens with two attached hydrogens (primary N) is 1. The van der Waals surface area contributed by atoms with Gasteiger partial charge in [0.1, 0.15) is 5.75 Å². The molecule has 0 spiro atoms. The fraction of sp³-hybridized carbons (Fsp3) is 0.100. The molecule has 27 heavy (non-hydrogen) atoms. The van der Waals surface area contributed by atoms with Gasteiger partial charge in [-0.1, -0.05) is 35.9 Å². The normalized spacial score (nSPS) is 15.7. The fourth-order valence-electron chi connectivity index (χ4n) is 2.93. The Kier molecular flexibility index (Phi) is 4.59. The number of benzene rings is 2. The Bertz CT molecular complexity index is 1020. The molecule has 2 N–H and O–H groups in total. The third-order valence-electron chi connectivity index (χ3n) is 4.28. The Morgan fingerprint density at radius 2 is 1.81 bits per heavy atom. The summed E-state index contributed by atoms with van der Waals surface area (Å²) in [6.45, 7) is 0.0827. The number of anilines is 1. The van der Waals surface area contributed by atoms with Gasteiger partial charge in [-0.15, -0.1) is 11.3 Å². The van der Waals surface area contributed by atoms with Crippen LogP contribution in [-0.4, -0.2) is 24.5 Å². The maximum absolute atomic E-state index is 13.1. The molecule has 1 aliphatic rings. The summed E-state index contributed by atoms with van der Waals surface area (Å²) >= 11 is 7.32. The van der Waals surface area contributed by atoms with Gasteiger partial charge >= 0.3 is 0 Å². The Morgan fingerprint density at radius 3 is 2.56 bits per heavy atom. The lowest BCUT2D eigenvalue weighted by Gasteiger charge is -2.33. The molecule has 7 heteroatoms. The second-order valence-corrected chi connectivity index (χ2v) is 7.58. The molecule has 2 amide bonds. The molecule has 1 unspecified atom stereocenters. The highest BCUT2D eigenvalue weighted by atomic mass is 35.5. The summed E-state index contributed by atoms with van der Waals surface area (Å²) in [6, 6.07) is 18.3. The van der Waals surface area contributed by atoms with Crippen LogP contribution in [-0.2, 0) is 4.79 Å². The first kappa shape index (κ1) is 17.6. The van der Waals surface area contributed by atoms with Gasteiger partial charge in [0.15, 0.2) is 6.10 Å². The van der Waals surface area contributed by atoms with E-state index in [9.17, 15) is 9.59 Å². The highest BCUT2D eigenvalue weighted by Gasteiger charge is 2.33. The van der Waals surface area contributed by atoms with Crippen LogP contribution in [0.3, 0.4) is 0 Å². The smallest absolute Gasteiger partial charge is 0.268 e. The minimum Gasteiger partial charge on any atom is -0.477 e. The van der Waals surface area contributed by atoms with Gasteiger partial charge in [-0.2, -0.15) is 0 Å². The molecule has 1 atom stereocenters. The lowest BCUT2D eigenvalue weighted by Crippen LogP contribution is -2.49.